The van der Waals surface area contributed by atoms with E-state index in [0.717, 1.165) is 39.3 Å². The van der Waals surface area contributed by atoms with Crippen LogP contribution in [0.25, 0.3) is 0 Å². The Hall–Kier alpha value is 0.190. The van der Waals surface area contributed by atoms with Gasteiger partial charge in [-0.25, -0.2) is 0 Å². The molecular formula is C11H26N4S. The van der Waals surface area contributed by atoms with Crippen molar-refractivity contribution in [1.82, 2.24) is 20.9 Å². The lowest BCUT2D eigenvalue weighted by Gasteiger charge is -2.23. The highest BCUT2D eigenvalue weighted by molar-refractivity contribution is 7.98. The van der Waals surface area contributed by atoms with E-state index in [9.17, 15) is 0 Å². The monoisotopic (exact) mass is 246 g/mol. The van der Waals surface area contributed by atoms with Gasteiger partial charge in [-0.1, -0.05) is 0 Å². The summed E-state index contributed by atoms with van der Waals surface area (Å²) in [7, 11) is 0. The zero-order chi connectivity index (χ0) is 11.5. The van der Waals surface area contributed by atoms with E-state index in [4.69, 9.17) is 0 Å². The summed E-state index contributed by atoms with van der Waals surface area (Å²) in [5, 5.41) is 10.4. The van der Waals surface area contributed by atoms with Gasteiger partial charge in [0.05, 0.1) is 0 Å². The first-order chi connectivity index (χ1) is 7.93. The lowest BCUT2D eigenvalue weighted by Crippen LogP contribution is -2.42. The Morgan fingerprint density at radius 2 is 1.38 bits per heavy atom. The highest BCUT2D eigenvalue weighted by Crippen LogP contribution is 1.94. The fraction of sp³-hybridized carbons (Fsp3) is 1.00. The van der Waals surface area contributed by atoms with Crippen molar-refractivity contribution in [3.05, 3.63) is 0 Å². The summed E-state index contributed by atoms with van der Waals surface area (Å²) in [6, 6.07) is 0. The van der Waals surface area contributed by atoms with E-state index < -0.39 is 0 Å². The van der Waals surface area contributed by atoms with Gasteiger partial charge in [-0.3, -0.25) is 4.90 Å². The minimum Gasteiger partial charge on any atom is -0.314 e. The summed E-state index contributed by atoms with van der Waals surface area (Å²) in [6.07, 6.45) is 2.18. The molecule has 1 rings (SSSR count). The number of nitrogens with one attached hydrogen (secondary N) is 3. The predicted molar refractivity (Wildman–Crippen MR) is 73.4 cm³/mol. The first-order valence-electron chi connectivity index (χ1n) is 6.27. The summed E-state index contributed by atoms with van der Waals surface area (Å²) in [6.45, 7) is 10.1. The van der Waals surface area contributed by atoms with Crippen LogP contribution in [0.5, 0.6) is 0 Å². The van der Waals surface area contributed by atoms with Crippen molar-refractivity contribution in [1.29, 1.82) is 0 Å². The average molecular weight is 246 g/mol. The smallest absolute Gasteiger partial charge is 0.0108 e. The molecule has 0 unspecified atom stereocenters. The third kappa shape index (κ3) is 7.46. The Kier molecular flexibility index (Phi) is 9.22. The minimum atomic E-state index is 1.08. The van der Waals surface area contributed by atoms with Crippen molar-refractivity contribution in [3.8, 4) is 0 Å². The zero-order valence-corrected chi connectivity index (χ0v) is 11.2. The van der Waals surface area contributed by atoms with Crippen molar-refractivity contribution in [3.63, 3.8) is 0 Å². The summed E-state index contributed by atoms with van der Waals surface area (Å²) < 4.78 is 0. The molecule has 1 fully saturated rings. The zero-order valence-electron chi connectivity index (χ0n) is 10.4. The first-order valence-corrected chi connectivity index (χ1v) is 7.66. The van der Waals surface area contributed by atoms with E-state index in [-0.39, 0.29) is 0 Å². The largest absolute Gasteiger partial charge is 0.314 e. The van der Waals surface area contributed by atoms with Gasteiger partial charge >= 0.3 is 0 Å². The standard InChI is InChI=1S/C11H26N4S/c1-16-11-10-15-8-6-13-4-2-12-3-5-14-7-9-15/h12-14H,2-11H2,1H3. The third-order valence-electron chi connectivity index (χ3n) is 2.78. The molecule has 0 aliphatic carbocycles. The fourth-order valence-corrected chi connectivity index (χ4v) is 2.20. The lowest BCUT2D eigenvalue weighted by atomic mass is 10.4. The van der Waals surface area contributed by atoms with E-state index in [1.807, 2.05) is 11.8 Å². The van der Waals surface area contributed by atoms with Crippen molar-refractivity contribution in [2.45, 2.75) is 0 Å². The van der Waals surface area contributed by atoms with Crippen LogP contribution in [0.2, 0.25) is 0 Å². The molecular weight excluding hydrogens is 220 g/mol. The third-order valence-corrected chi connectivity index (χ3v) is 3.37. The molecule has 0 saturated carbocycles. The van der Waals surface area contributed by atoms with Gasteiger partial charge in [-0.05, 0) is 6.26 Å². The van der Waals surface area contributed by atoms with Crippen molar-refractivity contribution < 1.29 is 0 Å². The molecule has 4 nitrogen and oxygen atoms in total. The van der Waals surface area contributed by atoms with Gasteiger partial charge in [-0.15, -0.1) is 0 Å². The highest BCUT2D eigenvalue weighted by Gasteiger charge is 2.04. The lowest BCUT2D eigenvalue weighted by molar-refractivity contribution is 0.287. The van der Waals surface area contributed by atoms with Crippen LogP contribution in [0.4, 0.5) is 0 Å². The molecule has 5 heteroatoms. The number of thioether (sulfide) groups is 1. The highest BCUT2D eigenvalue weighted by atomic mass is 32.2. The van der Waals surface area contributed by atoms with Gasteiger partial charge in [0.1, 0.15) is 0 Å². The Morgan fingerprint density at radius 1 is 0.875 bits per heavy atom. The number of hydrogen-bond acceptors (Lipinski definition) is 5. The van der Waals surface area contributed by atoms with E-state index in [1.54, 1.807) is 0 Å². The maximum atomic E-state index is 3.48. The first kappa shape index (κ1) is 14.3. The second kappa shape index (κ2) is 10.4. The summed E-state index contributed by atoms with van der Waals surface area (Å²) in [5.74, 6) is 1.24. The van der Waals surface area contributed by atoms with Crippen LogP contribution >= 0.6 is 11.8 Å². The van der Waals surface area contributed by atoms with Gasteiger partial charge in [0.2, 0.25) is 0 Å². The van der Waals surface area contributed by atoms with Crippen molar-refractivity contribution in [2.75, 3.05) is 70.9 Å². The molecule has 0 radical (unpaired) electrons. The van der Waals surface area contributed by atoms with Crippen LogP contribution in [-0.2, 0) is 0 Å². The van der Waals surface area contributed by atoms with E-state index in [2.05, 4.69) is 27.1 Å². The molecule has 1 aliphatic rings. The summed E-state index contributed by atoms with van der Waals surface area (Å²) >= 11 is 1.93. The SMILES string of the molecule is CSCCN1CCNCCNCCNCC1. The van der Waals surface area contributed by atoms with Crippen LogP contribution in [0, 0.1) is 0 Å². The Bertz CT molecular complexity index is 145. The Balaban J connectivity index is 2.19. The van der Waals surface area contributed by atoms with Gasteiger partial charge in [-0.2, -0.15) is 11.8 Å². The van der Waals surface area contributed by atoms with E-state index in [0.29, 0.717) is 0 Å². The predicted octanol–water partition coefficient (Wildman–Crippen LogP) is -0.566. The maximum absolute atomic E-state index is 3.48. The minimum absolute atomic E-state index is 1.08. The number of nitrogens with zero attached hydrogens (tertiary/aromatic N) is 1. The van der Waals surface area contributed by atoms with Crippen molar-refractivity contribution >= 4 is 11.8 Å². The Morgan fingerprint density at radius 3 is 1.88 bits per heavy atom. The van der Waals surface area contributed by atoms with Gasteiger partial charge in [0.25, 0.3) is 0 Å². The molecule has 3 N–H and O–H groups in total. The normalized spacial score (nSPS) is 22.3. The van der Waals surface area contributed by atoms with Gasteiger partial charge in [0.15, 0.2) is 0 Å². The quantitative estimate of drug-likeness (QED) is 0.622. The van der Waals surface area contributed by atoms with E-state index in [1.165, 1.54) is 25.4 Å². The average Bonchev–Trinajstić information content (AvgIpc) is 2.28. The van der Waals surface area contributed by atoms with Crippen LogP contribution < -0.4 is 16.0 Å². The summed E-state index contributed by atoms with van der Waals surface area (Å²) in [5.41, 5.74) is 0. The van der Waals surface area contributed by atoms with Gasteiger partial charge in [0, 0.05) is 64.7 Å². The molecule has 0 aromatic rings. The number of hydrogen-bond donors (Lipinski definition) is 3. The van der Waals surface area contributed by atoms with Crippen LogP contribution in [0.1, 0.15) is 0 Å². The molecule has 96 valence electrons. The van der Waals surface area contributed by atoms with Crippen LogP contribution in [0.3, 0.4) is 0 Å². The molecule has 0 atom stereocenters. The molecule has 0 spiro atoms. The fourth-order valence-electron chi connectivity index (χ4n) is 1.76. The molecule has 16 heavy (non-hydrogen) atoms. The molecule has 0 aromatic heterocycles. The molecule has 1 aliphatic heterocycles. The van der Waals surface area contributed by atoms with Crippen LogP contribution in [-0.4, -0.2) is 75.8 Å². The molecule has 1 saturated heterocycles. The summed E-state index contributed by atoms with van der Waals surface area (Å²) in [4.78, 5) is 2.55. The van der Waals surface area contributed by atoms with Crippen molar-refractivity contribution in [2.24, 2.45) is 0 Å². The number of rotatable bonds is 3. The second-order valence-electron chi connectivity index (χ2n) is 4.08. The molecule has 0 bridgehead atoms. The maximum Gasteiger partial charge on any atom is 0.0108 e. The second-order valence-corrected chi connectivity index (χ2v) is 5.07. The van der Waals surface area contributed by atoms with E-state index >= 15 is 0 Å². The van der Waals surface area contributed by atoms with Crippen LogP contribution in [0.15, 0.2) is 0 Å². The molecule has 0 amide bonds. The van der Waals surface area contributed by atoms with Gasteiger partial charge < -0.3 is 16.0 Å². The Labute approximate surface area is 104 Å². The molecule has 1 heterocycles. The molecule has 0 aromatic carbocycles. The topological polar surface area (TPSA) is 39.3 Å².